The normalized spacial score (nSPS) is 10.8. The molecule has 0 amide bonds. The van der Waals surface area contributed by atoms with Gasteiger partial charge in [-0.3, -0.25) is 0 Å². The van der Waals surface area contributed by atoms with Crippen molar-refractivity contribution in [3.05, 3.63) is 41.3 Å². The van der Waals surface area contributed by atoms with E-state index < -0.39 is 11.0 Å². The molecule has 0 atom stereocenters. The van der Waals surface area contributed by atoms with Crippen molar-refractivity contribution in [2.24, 2.45) is 0 Å². The number of hydrogen-bond donors (Lipinski definition) is 1. The van der Waals surface area contributed by atoms with Gasteiger partial charge in [-0.15, -0.1) is 0 Å². The third-order valence-corrected chi connectivity index (χ3v) is 5.13. The largest absolute Gasteiger partial charge is 0.493 e. The summed E-state index contributed by atoms with van der Waals surface area (Å²) in [5.41, 5.74) is 4.11. The fourth-order valence-electron chi connectivity index (χ4n) is 2.94. The highest BCUT2D eigenvalue weighted by atomic mass is 32.2. The number of aromatic nitrogens is 1. The molecule has 0 radical (unpaired) electrons. The molecule has 3 rings (SSSR count). The van der Waals surface area contributed by atoms with Crippen LogP contribution in [-0.2, 0) is 11.0 Å². The van der Waals surface area contributed by atoms with E-state index in [2.05, 4.69) is 4.37 Å². The zero-order valence-electron chi connectivity index (χ0n) is 15.7. The van der Waals surface area contributed by atoms with Gasteiger partial charge in [0.15, 0.2) is 23.0 Å². The van der Waals surface area contributed by atoms with E-state index in [0.717, 1.165) is 27.9 Å². The molecule has 0 aliphatic heterocycles. The SMILES string of the molecule is COc1ccc(-c2csnc2-c2cc(C)c(OC)c(OC)c2)cc1O[SH](=O)=O. The van der Waals surface area contributed by atoms with Crippen molar-refractivity contribution in [1.29, 1.82) is 0 Å². The summed E-state index contributed by atoms with van der Waals surface area (Å²) in [6.45, 7) is 1.93. The summed E-state index contributed by atoms with van der Waals surface area (Å²) in [5, 5.41) is 1.89. The average Bonchev–Trinajstić information content (AvgIpc) is 3.16. The quantitative estimate of drug-likeness (QED) is 0.582. The first-order valence-corrected chi connectivity index (χ1v) is 10.1. The monoisotopic (exact) mass is 421 g/mol. The van der Waals surface area contributed by atoms with E-state index in [0.29, 0.717) is 17.2 Å². The Bertz CT molecular complexity index is 1070. The molecule has 0 saturated carbocycles. The Balaban J connectivity index is 2.12. The lowest BCUT2D eigenvalue weighted by atomic mass is 9.99. The molecule has 0 spiro atoms. The summed E-state index contributed by atoms with van der Waals surface area (Å²) >= 11 is 1.30. The van der Waals surface area contributed by atoms with Crippen LogP contribution in [0.4, 0.5) is 0 Å². The van der Waals surface area contributed by atoms with Crippen LogP contribution < -0.4 is 18.4 Å². The number of ether oxygens (including phenoxy) is 3. The third-order valence-electron chi connectivity index (χ3n) is 4.16. The smallest absolute Gasteiger partial charge is 0.299 e. The molecule has 28 heavy (non-hydrogen) atoms. The maximum Gasteiger partial charge on any atom is 0.299 e. The molecule has 1 heterocycles. The van der Waals surface area contributed by atoms with E-state index in [1.165, 1.54) is 18.6 Å². The average molecular weight is 421 g/mol. The van der Waals surface area contributed by atoms with Gasteiger partial charge in [0.2, 0.25) is 0 Å². The minimum atomic E-state index is -3.06. The fourth-order valence-corrected chi connectivity index (χ4v) is 3.96. The lowest BCUT2D eigenvalue weighted by Gasteiger charge is -2.13. The second kappa shape index (κ2) is 8.49. The van der Waals surface area contributed by atoms with Crippen molar-refractivity contribution in [3.8, 4) is 45.4 Å². The maximum atomic E-state index is 11.0. The zero-order chi connectivity index (χ0) is 20.3. The molecule has 0 saturated heterocycles. The van der Waals surface area contributed by atoms with Crippen molar-refractivity contribution < 1.29 is 26.8 Å². The molecule has 7 nitrogen and oxygen atoms in total. The van der Waals surface area contributed by atoms with Crippen molar-refractivity contribution in [2.45, 2.75) is 6.92 Å². The summed E-state index contributed by atoms with van der Waals surface area (Å²) in [4.78, 5) is 0. The molecule has 0 fully saturated rings. The van der Waals surface area contributed by atoms with Gasteiger partial charge in [0.05, 0.1) is 27.0 Å². The molecule has 148 valence electrons. The number of thiol groups is 1. The standard InChI is InChI=1S/C19H19NO6S2/c1-11-7-13(9-17(24-3)19(11)25-4)18-14(10-27-20-18)12-5-6-15(23-2)16(8-12)26-28(21)22/h5-10,28H,1-4H3. The van der Waals surface area contributed by atoms with Crippen LogP contribution in [0.15, 0.2) is 35.7 Å². The van der Waals surface area contributed by atoms with Gasteiger partial charge in [-0.1, -0.05) is 6.07 Å². The summed E-state index contributed by atoms with van der Waals surface area (Å²) in [5.74, 6) is 1.73. The van der Waals surface area contributed by atoms with Crippen LogP contribution >= 0.6 is 11.5 Å². The highest BCUT2D eigenvalue weighted by molar-refractivity contribution is 7.67. The minimum absolute atomic E-state index is 0.122. The number of benzene rings is 2. The topological polar surface area (TPSA) is 83.9 Å². The molecular formula is C19H19NO6S2. The highest BCUT2D eigenvalue weighted by Crippen LogP contribution is 2.41. The zero-order valence-corrected chi connectivity index (χ0v) is 17.4. The third kappa shape index (κ3) is 3.90. The molecule has 2 aromatic carbocycles. The molecule has 0 N–H and O–H groups in total. The van der Waals surface area contributed by atoms with E-state index in [1.54, 1.807) is 26.4 Å². The Morgan fingerprint density at radius 1 is 0.893 bits per heavy atom. The van der Waals surface area contributed by atoms with Gasteiger partial charge in [0.25, 0.3) is 11.0 Å². The first-order valence-electron chi connectivity index (χ1n) is 8.16. The number of aryl methyl sites for hydroxylation is 1. The maximum absolute atomic E-state index is 11.0. The van der Waals surface area contributed by atoms with Crippen LogP contribution in [0.25, 0.3) is 22.4 Å². The van der Waals surface area contributed by atoms with Gasteiger partial charge in [-0.2, -0.15) is 12.8 Å². The van der Waals surface area contributed by atoms with Crippen molar-refractivity contribution in [2.75, 3.05) is 21.3 Å². The van der Waals surface area contributed by atoms with Crippen LogP contribution in [0.3, 0.4) is 0 Å². The Kier molecular flexibility index (Phi) is 6.05. The Morgan fingerprint density at radius 2 is 1.61 bits per heavy atom. The van der Waals surface area contributed by atoms with Gasteiger partial charge in [-0.05, 0) is 53.8 Å². The van der Waals surface area contributed by atoms with Crippen LogP contribution in [0, 0.1) is 6.92 Å². The van der Waals surface area contributed by atoms with E-state index in [-0.39, 0.29) is 5.75 Å². The van der Waals surface area contributed by atoms with Crippen LogP contribution in [0.2, 0.25) is 0 Å². The Morgan fingerprint density at radius 3 is 2.25 bits per heavy atom. The van der Waals surface area contributed by atoms with Crippen molar-refractivity contribution in [1.82, 2.24) is 4.37 Å². The highest BCUT2D eigenvalue weighted by Gasteiger charge is 2.17. The molecule has 0 unspecified atom stereocenters. The summed E-state index contributed by atoms with van der Waals surface area (Å²) in [6, 6.07) is 8.93. The van der Waals surface area contributed by atoms with Crippen LogP contribution in [0.5, 0.6) is 23.0 Å². The summed E-state index contributed by atoms with van der Waals surface area (Å²) in [7, 11) is 1.57. The first-order chi connectivity index (χ1) is 13.5. The van der Waals surface area contributed by atoms with E-state index >= 15 is 0 Å². The minimum Gasteiger partial charge on any atom is -0.493 e. The van der Waals surface area contributed by atoms with E-state index in [4.69, 9.17) is 18.4 Å². The number of methoxy groups -OCH3 is 3. The van der Waals surface area contributed by atoms with Crippen LogP contribution in [0.1, 0.15) is 5.56 Å². The number of nitrogens with zero attached hydrogens (tertiary/aromatic N) is 1. The molecule has 0 aliphatic carbocycles. The fraction of sp³-hybridized carbons (Fsp3) is 0.211. The molecule has 1 aromatic heterocycles. The molecule has 0 bridgehead atoms. The molecule has 3 aromatic rings. The van der Waals surface area contributed by atoms with Crippen LogP contribution in [-0.4, -0.2) is 34.1 Å². The van der Waals surface area contributed by atoms with Gasteiger partial charge in [0, 0.05) is 16.5 Å². The predicted octanol–water partition coefficient (Wildman–Crippen LogP) is 3.72. The van der Waals surface area contributed by atoms with Gasteiger partial charge in [-0.25, -0.2) is 0 Å². The van der Waals surface area contributed by atoms with E-state index in [9.17, 15) is 8.42 Å². The Labute approximate surface area is 168 Å². The van der Waals surface area contributed by atoms with Gasteiger partial charge >= 0.3 is 0 Å². The summed E-state index contributed by atoms with van der Waals surface area (Å²) < 4.78 is 47.4. The lowest BCUT2D eigenvalue weighted by Crippen LogP contribution is -1.96. The lowest BCUT2D eigenvalue weighted by molar-refractivity contribution is 0.353. The van der Waals surface area contributed by atoms with E-state index in [1.807, 2.05) is 30.5 Å². The van der Waals surface area contributed by atoms with Gasteiger partial charge in [0.1, 0.15) is 0 Å². The second-order valence-corrected chi connectivity index (χ2v) is 7.04. The summed E-state index contributed by atoms with van der Waals surface area (Å²) in [6.07, 6.45) is 0. The number of hydrogen-bond acceptors (Lipinski definition) is 8. The van der Waals surface area contributed by atoms with Crippen molar-refractivity contribution >= 4 is 22.5 Å². The molecule has 9 heteroatoms. The second-order valence-electron chi connectivity index (χ2n) is 5.79. The molecule has 0 aliphatic rings. The Hall–Kier alpha value is -2.78. The predicted molar refractivity (Wildman–Crippen MR) is 108 cm³/mol. The molecular weight excluding hydrogens is 402 g/mol. The first kappa shape index (κ1) is 20.0. The van der Waals surface area contributed by atoms with Crippen molar-refractivity contribution in [3.63, 3.8) is 0 Å². The number of rotatable bonds is 7. The van der Waals surface area contributed by atoms with Gasteiger partial charge < -0.3 is 18.4 Å².